The maximum Gasteiger partial charge on any atom is 0.122 e. The molecule has 0 bridgehead atoms. The summed E-state index contributed by atoms with van der Waals surface area (Å²) in [5, 5.41) is 0. The van der Waals surface area contributed by atoms with Gasteiger partial charge in [-0.3, -0.25) is 4.90 Å². The highest BCUT2D eigenvalue weighted by Crippen LogP contribution is 2.60. The third-order valence-electron chi connectivity index (χ3n) is 6.95. The van der Waals surface area contributed by atoms with Crippen molar-refractivity contribution in [2.24, 2.45) is 11.3 Å². The fourth-order valence-electron chi connectivity index (χ4n) is 5.59. The molecule has 24 heavy (non-hydrogen) atoms. The first-order valence-electron chi connectivity index (χ1n) is 9.70. The first kappa shape index (κ1) is 16.2. The molecule has 1 aliphatic heterocycles. The first-order chi connectivity index (χ1) is 11.7. The van der Waals surface area contributed by atoms with Crippen molar-refractivity contribution in [3.8, 4) is 5.75 Å². The highest BCUT2D eigenvalue weighted by Gasteiger charge is 2.52. The van der Waals surface area contributed by atoms with E-state index < -0.39 is 0 Å². The predicted octanol–water partition coefficient (Wildman–Crippen LogP) is 5.06. The van der Waals surface area contributed by atoms with Crippen molar-refractivity contribution in [1.29, 1.82) is 0 Å². The highest BCUT2D eigenvalue weighted by atomic mass is 16.5. The molecule has 0 N–H and O–H groups in total. The Labute approximate surface area is 146 Å². The molecule has 1 saturated carbocycles. The van der Waals surface area contributed by atoms with Gasteiger partial charge in [-0.15, -0.1) is 0 Å². The van der Waals surface area contributed by atoms with Gasteiger partial charge in [0.2, 0.25) is 0 Å². The van der Waals surface area contributed by atoms with Crippen LogP contribution in [0.2, 0.25) is 0 Å². The van der Waals surface area contributed by atoms with Crippen LogP contribution in [0.25, 0.3) is 0 Å². The van der Waals surface area contributed by atoms with Gasteiger partial charge in [-0.1, -0.05) is 24.6 Å². The fraction of sp³-hybridized carbons (Fsp3) is 0.636. The molecule has 1 fully saturated rings. The summed E-state index contributed by atoms with van der Waals surface area (Å²) in [4.78, 5) is 2.64. The number of hydrogen-bond donors (Lipinski definition) is 0. The normalized spacial score (nSPS) is 29.0. The number of aryl methyl sites for hydroxylation is 1. The maximum atomic E-state index is 5.67. The molecular formula is C22H31NO. The van der Waals surface area contributed by atoms with E-state index >= 15 is 0 Å². The molecular weight excluding hydrogens is 294 g/mol. The van der Waals surface area contributed by atoms with Crippen molar-refractivity contribution in [1.82, 2.24) is 4.90 Å². The summed E-state index contributed by atoms with van der Waals surface area (Å²) in [6.45, 7) is 3.36. The highest BCUT2D eigenvalue weighted by molar-refractivity contribution is 5.46. The van der Waals surface area contributed by atoms with Gasteiger partial charge in [-0.25, -0.2) is 0 Å². The quantitative estimate of drug-likeness (QED) is 0.720. The second kappa shape index (κ2) is 6.22. The molecule has 0 spiro atoms. The topological polar surface area (TPSA) is 12.5 Å². The van der Waals surface area contributed by atoms with E-state index in [1.807, 2.05) is 0 Å². The number of benzene rings is 1. The number of allylic oxidation sites excluding steroid dienone is 2. The van der Waals surface area contributed by atoms with Crippen LogP contribution in [0, 0.1) is 18.3 Å². The number of nitrogens with zero attached hydrogens (tertiary/aromatic N) is 1. The number of fused-ring (bicyclic) bond motifs is 1. The van der Waals surface area contributed by atoms with Gasteiger partial charge in [0.1, 0.15) is 5.75 Å². The standard InChI is InChI=1S/C22H31NO/c1-16-14-17-10-13-23(2)21(19(17)15-20(16)24-3)22(11-7-12-22)18-8-5-4-6-9-18/h5,8,14-15,18,21H,4,6-7,9-13H2,1-3H3. The average molecular weight is 325 g/mol. The van der Waals surface area contributed by atoms with Crippen LogP contribution in [0.4, 0.5) is 0 Å². The van der Waals surface area contributed by atoms with Crippen LogP contribution in [0.3, 0.4) is 0 Å². The summed E-state index contributed by atoms with van der Waals surface area (Å²) < 4.78 is 5.67. The van der Waals surface area contributed by atoms with Crippen LogP contribution in [0.5, 0.6) is 5.75 Å². The van der Waals surface area contributed by atoms with Gasteiger partial charge >= 0.3 is 0 Å². The summed E-state index contributed by atoms with van der Waals surface area (Å²) in [5.41, 5.74) is 4.83. The van der Waals surface area contributed by atoms with E-state index in [0.717, 1.165) is 11.7 Å². The van der Waals surface area contributed by atoms with Crippen LogP contribution in [-0.4, -0.2) is 25.6 Å². The van der Waals surface area contributed by atoms with Crippen molar-refractivity contribution in [3.05, 3.63) is 41.0 Å². The van der Waals surface area contributed by atoms with Crippen molar-refractivity contribution < 1.29 is 4.74 Å². The van der Waals surface area contributed by atoms with E-state index in [-0.39, 0.29) is 0 Å². The minimum atomic E-state index is 0.446. The van der Waals surface area contributed by atoms with Crippen LogP contribution in [0.15, 0.2) is 24.3 Å². The lowest BCUT2D eigenvalue weighted by molar-refractivity contribution is -0.0376. The Morgan fingerprint density at radius 2 is 2.04 bits per heavy atom. The predicted molar refractivity (Wildman–Crippen MR) is 99.6 cm³/mol. The zero-order valence-corrected chi connectivity index (χ0v) is 15.5. The minimum absolute atomic E-state index is 0.446. The molecule has 130 valence electrons. The number of rotatable bonds is 3. The third-order valence-corrected chi connectivity index (χ3v) is 6.95. The molecule has 2 aliphatic carbocycles. The third kappa shape index (κ3) is 2.42. The molecule has 2 unspecified atom stereocenters. The van der Waals surface area contributed by atoms with E-state index in [0.29, 0.717) is 11.5 Å². The largest absolute Gasteiger partial charge is 0.496 e. The molecule has 0 aromatic heterocycles. The van der Waals surface area contributed by atoms with Crippen LogP contribution >= 0.6 is 0 Å². The number of ether oxygens (including phenoxy) is 1. The zero-order valence-electron chi connectivity index (χ0n) is 15.5. The average Bonchev–Trinajstić information content (AvgIpc) is 2.56. The lowest BCUT2D eigenvalue weighted by Crippen LogP contribution is -2.50. The molecule has 2 heteroatoms. The zero-order chi connectivity index (χ0) is 16.7. The van der Waals surface area contributed by atoms with E-state index in [4.69, 9.17) is 4.74 Å². The number of methoxy groups -OCH3 is 1. The molecule has 2 nitrogen and oxygen atoms in total. The van der Waals surface area contributed by atoms with Gasteiger partial charge in [0.05, 0.1) is 7.11 Å². The Morgan fingerprint density at radius 1 is 1.21 bits per heavy atom. The van der Waals surface area contributed by atoms with E-state index in [9.17, 15) is 0 Å². The van der Waals surface area contributed by atoms with Crippen molar-refractivity contribution in [3.63, 3.8) is 0 Å². The van der Waals surface area contributed by atoms with E-state index in [2.05, 4.69) is 43.2 Å². The minimum Gasteiger partial charge on any atom is -0.496 e. The van der Waals surface area contributed by atoms with E-state index in [1.165, 1.54) is 57.1 Å². The smallest absolute Gasteiger partial charge is 0.122 e. The fourth-order valence-corrected chi connectivity index (χ4v) is 5.59. The Kier molecular flexibility index (Phi) is 4.20. The molecule has 3 aliphatic rings. The van der Waals surface area contributed by atoms with Crippen LogP contribution < -0.4 is 4.74 Å². The summed E-state index contributed by atoms with van der Waals surface area (Å²) in [6, 6.07) is 5.30. The summed E-state index contributed by atoms with van der Waals surface area (Å²) >= 11 is 0. The van der Waals surface area contributed by atoms with Gasteiger partial charge in [-0.05, 0) is 86.6 Å². The lowest BCUT2D eigenvalue weighted by Gasteiger charge is -2.57. The Hall–Kier alpha value is -1.28. The number of likely N-dealkylation sites (N-methyl/N-ethyl adjacent to an activating group) is 1. The Balaban J connectivity index is 1.79. The molecule has 1 aromatic carbocycles. The molecule has 0 amide bonds. The van der Waals surface area contributed by atoms with Gasteiger partial charge in [0.25, 0.3) is 0 Å². The summed E-state index contributed by atoms with van der Waals surface area (Å²) in [5.74, 6) is 1.81. The van der Waals surface area contributed by atoms with Gasteiger partial charge in [-0.2, -0.15) is 0 Å². The maximum absolute atomic E-state index is 5.67. The Bertz CT molecular complexity index is 644. The van der Waals surface area contributed by atoms with Crippen LogP contribution in [0.1, 0.15) is 61.3 Å². The number of hydrogen-bond acceptors (Lipinski definition) is 2. The van der Waals surface area contributed by atoms with Gasteiger partial charge in [0.15, 0.2) is 0 Å². The SMILES string of the molecule is COc1cc2c(cc1C)CCN(C)C2C1(C2C=CCCC2)CCC1. The lowest BCUT2D eigenvalue weighted by atomic mass is 9.53. The van der Waals surface area contributed by atoms with Gasteiger partial charge in [0, 0.05) is 12.6 Å². The van der Waals surface area contributed by atoms with E-state index in [1.54, 1.807) is 18.2 Å². The molecule has 0 saturated heterocycles. The van der Waals surface area contributed by atoms with Gasteiger partial charge < -0.3 is 4.74 Å². The van der Waals surface area contributed by atoms with Crippen molar-refractivity contribution >= 4 is 0 Å². The van der Waals surface area contributed by atoms with Crippen molar-refractivity contribution in [2.45, 2.75) is 57.9 Å². The summed E-state index contributed by atoms with van der Waals surface area (Å²) in [7, 11) is 4.14. The summed E-state index contributed by atoms with van der Waals surface area (Å²) in [6.07, 6.45) is 14.3. The Morgan fingerprint density at radius 3 is 2.67 bits per heavy atom. The first-order valence-corrected chi connectivity index (χ1v) is 9.70. The molecule has 2 atom stereocenters. The van der Waals surface area contributed by atoms with Crippen molar-refractivity contribution in [2.75, 3.05) is 20.7 Å². The molecule has 0 radical (unpaired) electrons. The molecule has 1 aromatic rings. The van der Waals surface area contributed by atoms with Crippen LogP contribution in [-0.2, 0) is 6.42 Å². The second-order valence-corrected chi connectivity index (χ2v) is 8.21. The monoisotopic (exact) mass is 325 g/mol. The second-order valence-electron chi connectivity index (χ2n) is 8.21. The molecule has 4 rings (SSSR count). The molecule has 1 heterocycles.